The Hall–Kier alpha value is -1.36. The number of carbonyl (C=O) groups is 1. The molecule has 0 bridgehead atoms. The van der Waals surface area contributed by atoms with Gasteiger partial charge in [-0.25, -0.2) is 0 Å². The first-order valence-electron chi connectivity index (χ1n) is 4.63. The average Bonchev–Trinajstić information content (AvgIpc) is 2.42. The van der Waals surface area contributed by atoms with Gasteiger partial charge in [-0.05, 0) is 6.92 Å². The molecule has 0 atom stereocenters. The zero-order valence-electron chi connectivity index (χ0n) is 8.40. The van der Waals surface area contributed by atoms with E-state index in [4.69, 9.17) is 5.73 Å². The Morgan fingerprint density at radius 1 is 1.64 bits per heavy atom. The molecule has 1 amide bonds. The van der Waals surface area contributed by atoms with E-state index in [1.807, 2.05) is 14.0 Å². The highest BCUT2D eigenvalue weighted by atomic mass is 16.2. The van der Waals surface area contributed by atoms with Crippen molar-refractivity contribution in [3.8, 4) is 0 Å². The molecule has 0 saturated carbocycles. The fourth-order valence-electron chi connectivity index (χ4n) is 1.56. The fraction of sp³-hybridized carbons (Fsp3) is 0.556. The lowest BCUT2D eigenvalue weighted by molar-refractivity contribution is 0.0607. The highest BCUT2D eigenvalue weighted by Gasteiger charge is 2.29. The zero-order chi connectivity index (χ0) is 10.3. The predicted octanol–water partition coefficient (Wildman–Crippen LogP) is -0.488. The third-order valence-electron chi connectivity index (χ3n) is 2.66. The van der Waals surface area contributed by atoms with E-state index in [1.54, 1.807) is 15.8 Å². The normalized spacial score (nSPS) is 16.9. The van der Waals surface area contributed by atoms with Crippen molar-refractivity contribution >= 4 is 5.91 Å². The third-order valence-corrected chi connectivity index (χ3v) is 2.66. The lowest BCUT2D eigenvalue weighted by Gasteiger charge is -2.36. The summed E-state index contributed by atoms with van der Waals surface area (Å²) in [6.07, 6.45) is 1.61. The molecule has 0 aromatic carbocycles. The van der Waals surface area contributed by atoms with Gasteiger partial charge >= 0.3 is 0 Å². The lowest BCUT2D eigenvalue weighted by Crippen LogP contribution is -2.57. The fourth-order valence-corrected chi connectivity index (χ4v) is 1.56. The van der Waals surface area contributed by atoms with Crippen LogP contribution in [0, 0.1) is 6.92 Å². The first kappa shape index (κ1) is 9.21. The number of carbonyl (C=O) groups excluding carboxylic acids is 1. The predicted molar refractivity (Wildman–Crippen MR) is 51.8 cm³/mol. The molecule has 0 aliphatic carbocycles. The van der Waals surface area contributed by atoms with Crippen LogP contribution in [0.15, 0.2) is 6.20 Å². The molecule has 5 heteroatoms. The van der Waals surface area contributed by atoms with Crippen molar-refractivity contribution in [1.29, 1.82) is 0 Å². The average molecular weight is 194 g/mol. The standard InChI is InChI=1S/C9H14N4O/c1-6-8(3-11-12(6)2)9(14)13-4-7(10)5-13/h3,7H,4-5,10H2,1-2H3. The molecular weight excluding hydrogens is 180 g/mol. The van der Waals surface area contributed by atoms with Gasteiger partial charge in [0.1, 0.15) is 0 Å². The summed E-state index contributed by atoms with van der Waals surface area (Å²) in [5.74, 6) is 0.0392. The van der Waals surface area contributed by atoms with Crippen molar-refractivity contribution in [2.45, 2.75) is 13.0 Å². The van der Waals surface area contributed by atoms with E-state index in [-0.39, 0.29) is 11.9 Å². The molecule has 76 valence electrons. The summed E-state index contributed by atoms with van der Waals surface area (Å²) in [5.41, 5.74) is 7.19. The van der Waals surface area contributed by atoms with E-state index in [0.29, 0.717) is 18.7 Å². The highest BCUT2D eigenvalue weighted by molar-refractivity contribution is 5.95. The summed E-state index contributed by atoms with van der Waals surface area (Å²) < 4.78 is 1.70. The van der Waals surface area contributed by atoms with E-state index in [1.165, 1.54) is 0 Å². The second kappa shape index (κ2) is 3.09. The molecule has 1 aliphatic rings. The number of nitrogens with zero attached hydrogens (tertiary/aromatic N) is 3. The first-order chi connectivity index (χ1) is 6.59. The molecule has 1 fully saturated rings. The molecule has 0 unspecified atom stereocenters. The number of aromatic nitrogens is 2. The van der Waals surface area contributed by atoms with E-state index < -0.39 is 0 Å². The second-order valence-corrected chi connectivity index (χ2v) is 3.74. The summed E-state index contributed by atoms with van der Waals surface area (Å²) in [5, 5.41) is 4.03. The van der Waals surface area contributed by atoms with Gasteiger partial charge in [0.2, 0.25) is 0 Å². The molecular formula is C9H14N4O. The van der Waals surface area contributed by atoms with Crippen LogP contribution in [-0.2, 0) is 7.05 Å². The summed E-state index contributed by atoms with van der Waals surface area (Å²) >= 11 is 0. The highest BCUT2D eigenvalue weighted by Crippen LogP contribution is 2.14. The molecule has 1 aliphatic heterocycles. The van der Waals surface area contributed by atoms with Gasteiger partial charge in [-0.3, -0.25) is 9.48 Å². The topological polar surface area (TPSA) is 64.2 Å². The Bertz CT molecular complexity index is 365. The molecule has 0 spiro atoms. The van der Waals surface area contributed by atoms with Crippen molar-refractivity contribution in [3.63, 3.8) is 0 Å². The molecule has 2 heterocycles. The number of likely N-dealkylation sites (tertiary alicyclic amines) is 1. The van der Waals surface area contributed by atoms with Gasteiger partial charge < -0.3 is 10.6 Å². The van der Waals surface area contributed by atoms with Crippen LogP contribution in [-0.4, -0.2) is 39.7 Å². The van der Waals surface area contributed by atoms with Crippen LogP contribution in [0.4, 0.5) is 0 Å². The quantitative estimate of drug-likeness (QED) is 0.656. The largest absolute Gasteiger partial charge is 0.335 e. The maximum absolute atomic E-state index is 11.8. The lowest BCUT2D eigenvalue weighted by atomic mass is 10.1. The van der Waals surface area contributed by atoms with Crippen LogP contribution in [0.3, 0.4) is 0 Å². The molecule has 2 rings (SSSR count). The maximum atomic E-state index is 11.8. The van der Waals surface area contributed by atoms with Crippen LogP contribution in [0.2, 0.25) is 0 Å². The van der Waals surface area contributed by atoms with Crippen molar-refractivity contribution in [2.24, 2.45) is 12.8 Å². The number of aryl methyl sites for hydroxylation is 1. The Labute approximate surface area is 82.5 Å². The van der Waals surface area contributed by atoms with Crippen molar-refractivity contribution in [3.05, 3.63) is 17.5 Å². The Kier molecular flexibility index (Phi) is 2.03. The van der Waals surface area contributed by atoms with Crippen molar-refractivity contribution in [1.82, 2.24) is 14.7 Å². The minimum absolute atomic E-state index is 0.0392. The summed E-state index contributed by atoms with van der Waals surface area (Å²) in [7, 11) is 1.83. The van der Waals surface area contributed by atoms with Crippen molar-refractivity contribution < 1.29 is 4.79 Å². The van der Waals surface area contributed by atoms with Crippen molar-refractivity contribution in [2.75, 3.05) is 13.1 Å². The maximum Gasteiger partial charge on any atom is 0.257 e. The number of nitrogens with two attached hydrogens (primary N) is 1. The molecule has 1 saturated heterocycles. The summed E-state index contributed by atoms with van der Waals surface area (Å²) in [6, 6.07) is 0.149. The van der Waals surface area contributed by atoms with Crippen LogP contribution in [0.1, 0.15) is 16.1 Å². The van der Waals surface area contributed by atoms with Gasteiger partial charge in [-0.1, -0.05) is 0 Å². The molecule has 5 nitrogen and oxygen atoms in total. The Morgan fingerprint density at radius 2 is 2.29 bits per heavy atom. The van der Waals surface area contributed by atoms with Crippen LogP contribution in [0.5, 0.6) is 0 Å². The second-order valence-electron chi connectivity index (χ2n) is 3.74. The summed E-state index contributed by atoms with van der Waals surface area (Å²) in [4.78, 5) is 13.6. The number of amides is 1. The van der Waals surface area contributed by atoms with E-state index in [9.17, 15) is 4.79 Å². The summed E-state index contributed by atoms with van der Waals surface area (Å²) in [6.45, 7) is 3.21. The Morgan fingerprint density at radius 3 is 2.71 bits per heavy atom. The van der Waals surface area contributed by atoms with Gasteiger partial charge in [0, 0.05) is 31.9 Å². The number of hydrogen-bond donors (Lipinski definition) is 1. The van der Waals surface area contributed by atoms with Gasteiger partial charge in [-0.15, -0.1) is 0 Å². The van der Waals surface area contributed by atoms with Crippen LogP contribution in [0.25, 0.3) is 0 Å². The Balaban J connectivity index is 2.16. The van der Waals surface area contributed by atoms with Gasteiger partial charge in [0.15, 0.2) is 0 Å². The third kappa shape index (κ3) is 1.29. The number of rotatable bonds is 1. The minimum atomic E-state index is 0.0392. The SMILES string of the molecule is Cc1c(C(=O)N2CC(N)C2)cnn1C. The molecule has 0 radical (unpaired) electrons. The molecule has 2 N–H and O–H groups in total. The minimum Gasteiger partial charge on any atom is -0.335 e. The molecule has 14 heavy (non-hydrogen) atoms. The monoisotopic (exact) mass is 194 g/mol. The van der Waals surface area contributed by atoms with Crippen LogP contribution >= 0.6 is 0 Å². The van der Waals surface area contributed by atoms with Gasteiger partial charge in [0.05, 0.1) is 11.8 Å². The zero-order valence-corrected chi connectivity index (χ0v) is 8.40. The molecule has 1 aromatic rings. The molecule has 1 aromatic heterocycles. The smallest absolute Gasteiger partial charge is 0.257 e. The number of hydrogen-bond acceptors (Lipinski definition) is 3. The van der Waals surface area contributed by atoms with E-state index in [0.717, 1.165) is 5.69 Å². The van der Waals surface area contributed by atoms with E-state index >= 15 is 0 Å². The van der Waals surface area contributed by atoms with Gasteiger partial charge in [-0.2, -0.15) is 5.10 Å². The first-order valence-corrected chi connectivity index (χ1v) is 4.63. The van der Waals surface area contributed by atoms with Crippen LogP contribution < -0.4 is 5.73 Å². The van der Waals surface area contributed by atoms with Gasteiger partial charge in [0.25, 0.3) is 5.91 Å². The van der Waals surface area contributed by atoms with E-state index in [2.05, 4.69) is 5.10 Å².